The summed E-state index contributed by atoms with van der Waals surface area (Å²) in [6, 6.07) is 2.06. The zero-order valence-corrected chi connectivity index (χ0v) is 10.5. The van der Waals surface area contributed by atoms with Gasteiger partial charge in [-0.25, -0.2) is 13.2 Å². The molecule has 4 nitrogen and oxygen atoms in total. The highest BCUT2D eigenvalue weighted by Gasteiger charge is 2.22. The van der Waals surface area contributed by atoms with Gasteiger partial charge in [0.2, 0.25) is 0 Å². The fraction of sp³-hybridized carbons (Fsp3) is 0.273. The number of rotatable bonds is 1. The molecule has 1 aromatic heterocycles. The second-order valence-electron chi connectivity index (χ2n) is 3.99. The van der Waals surface area contributed by atoms with Crippen molar-refractivity contribution in [1.29, 1.82) is 0 Å². The normalized spacial score (nSPS) is 13.8. The molecule has 1 N–H and O–H groups in total. The van der Waals surface area contributed by atoms with Crippen LogP contribution in [-0.2, 0) is 13.1 Å². The molecule has 1 aliphatic heterocycles. The molecule has 0 spiro atoms. The summed E-state index contributed by atoms with van der Waals surface area (Å²) >= 11 is 0. The topological polar surface area (TPSA) is 42.7 Å². The Bertz CT molecular complexity index is 614. The van der Waals surface area contributed by atoms with Crippen molar-refractivity contribution in [1.82, 2.24) is 20.1 Å². The molecule has 0 unspecified atom stereocenters. The first kappa shape index (κ1) is 13.8. The Balaban J connectivity index is 0.00000133. The lowest BCUT2D eigenvalue weighted by molar-refractivity contribution is 0.447. The molecule has 8 heteroatoms. The molecule has 0 bridgehead atoms. The molecular formula is C11H10ClF3N4. The summed E-state index contributed by atoms with van der Waals surface area (Å²) in [6.07, 6.45) is 0. The predicted octanol–water partition coefficient (Wildman–Crippen LogP) is 1.89. The van der Waals surface area contributed by atoms with E-state index in [0.717, 1.165) is 6.07 Å². The largest absolute Gasteiger partial charge is 0.309 e. The van der Waals surface area contributed by atoms with E-state index >= 15 is 0 Å². The number of hydrogen-bond donors (Lipinski definition) is 1. The summed E-state index contributed by atoms with van der Waals surface area (Å²) in [5.41, 5.74) is -0.0745. The van der Waals surface area contributed by atoms with Crippen molar-refractivity contribution in [2.75, 3.05) is 6.54 Å². The molecule has 0 radical (unpaired) electrons. The van der Waals surface area contributed by atoms with E-state index < -0.39 is 17.5 Å². The molecule has 0 aliphatic carbocycles. The predicted molar refractivity (Wildman–Crippen MR) is 64.3 cm³/mol. The number of benzene rings is 1. The van der Waals surface area contributed by atoms with Gasteiger partial charge in [0.1, 0.15) is 5.82 Å². The molecule has 0 saturated heterocycles. The lowest BCUT2D eigenvalue weighted by Gasteiger charge is -2.16. The summed E-state index contributed by atoms with van der Waals surface area (Å²) in [5, 5.41) is 10.8. The Morgan fingerprint density at radius 1 is 1.11 bits per heavy atom. The van der Waals surface area contributed by atoms with Crippen LogP contribution in [0.2, 0.25) is 0 Å². The van der Waals surface area contributed by atoms with Gasteiger partial charge in [0.05, 0.1) is 12.1 Å². The van der Waals surface area contributed by atoms with Crippen molar-refractivity contribution < 1.29 is 13.2 Å². The van der Waals surface area contributed by atoms with Gasteiger partial charge in [0.25, 0.3) is 0 Å². The van der Waals surface area contributed by atoms with Crippen molar-refractivity contribution in [3.05, 3.63) is 35.4 Å². The van der Waals surface area contributed by atoms with E-state index in [1.165, 1.54) is 6.07 Å². The average Bonchev–Trinajstić information content (AvgIpc) is 2.80. The van der Waals surface area contributed by atoms with Crippen LogP contribution >= 0.6 is 12.4 Å². The van der Waals surface area contributed by atoms with E-state index in [1.807, 2.05) is 0 Å². The molecule has 3 rings (SSSR count). The fourth-order valence-corrected chi connectivity index (χ4v) is 1.99. The highest BCUT2D eigenvalue weighted by molar-refractivity contribution is 5.85. The third-order valence-electron chi connectivity index (χ3n) is 2.90. The van der Waals surface area contributed by atoms with Crippen molar-refractivity contribution in [2.45, 2.75) is 13.1 Å². The summed E-state index contributed by atoms with van der Waals surface area (Å²) in [6.45, 7) is 1.79. The summed E-state index contributed by atoms with van der Waals surface area (Å²) in [7, 11) is 0. The number of nitrogens with zero attached hydrogens (tertiary/aromatic N) is 3. The van der Waals surface area contributed by atoms with Crippen LogP contribution < -0.4 is 5.32 Å². The molecule has 19 heavy (non-hydrogen) atoms. The van der Waals surface area contributed by atoms with Crippen molar-refractivity contribution in [3.63, 3.8) is 0 Å². The third-order valence-corrected chi connectivity index (χ3v) is 2.90. The lowest BCUT2D eigenvalue weighted by atomic mass is 10.2. The second kappa shape index (κ2) is 5.18. The van der Waals surface area contributed by atoms with Crippen molar-refractivity contribution in [3.8, 4) is 11.4 Å². The molecule has 0 fully saturated rings. The van der Waals surface area contributed by atoms with Crippen LogP contribution in [0.15, 0.2) is 12.1 Å². The first-order valence-electron chi connectivity index (χ1n) is 5.45. The monoisotopic (exact) mass is 290 g/mol. The molecule has 0 amide bonds. The number of aromatic nitrogens is 3. The van der Waals surface area contributed by atoms with Gasteiger partial charge in [-0.3, -0.25) is 0 Å². The fourth-order valence-electron chi connectivity index (χ4n) is 1.99. The Hall–Kier alpha value is -1.60. The van der Waals surface area contributed by atoms with Gasteiger partial charge in [-0.05, 0) is 12.1 Å². The van der Waals surface area contributed by atoms with Crippen molar-refractivity contribution >= 4 is 12.4 Å². The van der Waals surface area contributed by atoms with Gasteiger partial charge < -0.3 is 9.88 Å². The van der Waals surface area contributed by atoms with Gasteiger partial charge in [-0.15, -0.1) is 22.6 Å². The SMILES string of the molecule is Cl.Fc1ccc(-c2nnc3n2CCNC3)c(F)c1F. The molecular weight excluding hydrogens is 281 g/mol. The molecule has 2 aromatic rings. The molecule has 102 valence electrons. The van der Waals surface area contributed by atoms with Gasteiger partial charge in [0.15, 0.2) is 23.3 Å². The van der Waals surface area contributed by atoms with Crippen LogP contribution in [0.4, 0.5) is 13.2 Å². The summed E-state index contributed by atoms with van der Waals surface area (Å²) in [4.78, 5) is 0. The van der Waals surface area contributed by atoms with Crippen LogP contribution in [-0.4, -0.2) is 21.3 Å². The third kappa shape index (κ3) is 2.19. The van der Waals surface area contributed by atoms with E-state index in [0.29, 0.717) is 25.5 Å². The van der Waals surface area contributed by atoms with E-state index in [4.69, 9.17) is 0 Å². The van der Waals surface area contributed by atoms with Crippen LogP contribution in [0, 0.1) is 17.5 Å². The van der Waals surface area contributed by atoms with Gasteiger partial charge in [-0.1, -0.05) is 0 Å². The van der Waals surface area contributed by atoms with E-state index in [9.17, 15) is 13.2 Å². The Morgan fingerprint density at radius 2 is 1.89 bits per heavy atom. The number of hydrogen-bond acceptors (Lipinski definition) is 3. The van der Waals surface area contributed by atoms with Gasteiger partial charge in [-0.2, -0.15) is 0 Å². The standard InChI is InChI=1S/C11H9F3N4.ClH/c12-7-2-1-6(9(13)10(7)14)11-17-16-8-5-15-3-4-18(8)11;/h1-2,15H,3-5H2;1H. The number of halogens is 4. The summed E-state index contributed by atoms with van der Waals surface area (Å²) in [5.74, 6) is -3.05. The second-order valence-corrected chi connectivity index (χ2v) is 3.99. The maximum absolute atomic E-state index is 13.7. The van der Waals surface area contributed by atoms with E-state index in [2.05, 4.69) is 15.5 Å². The zero-order chi connectivity index (χ0) is 12.7. The van der Waals surface area contributed by atoms with E-state index in [-0.39, 0.29) is 23.8 Å². The van der Waals surface area contributed by atoms with Crippen LogP contribution in [0.1, 0.15) is 5.82 Å². The molecule has 1 aliphatic rings. The van der Waals surface area contributed by atoms with Crippen LogP contribution in [0.5, 0.6) is 0 Å². The van der Waals surface area contributed by atoms with Crippen LogP contribution in [0.25, 0.3) is 11.4 Å². The average molecular weight is 291 g/mol. The molecule has 0 saturated carbocycles. The maximum Gasteiger partial charge on any atom is 0.195 e. The highest BCUT2D eigenvalue weighted by Crippen LogP contribution is 2.25. The molecule has 1 aromatic carbocycles. The smallest absolute Gasteiger partial charge is 0.195 e. The number of nitrogens with one attached hydrogen (secondary N) is 1. The summed E-state index contributed by atoms with van der Waals surface area (Å²) < 4.78 is 41.5. The lowest BCUT2D eigenvalue weighted by Crippen LogP contribution is -2.28. The van der Waals surface area contributed by atoms with Gasteiger partial charge in [0, 0.05) is 13.1 Å². The minimum atomic E-state index is -1.49. The minimum Gasteiger partial charge on any atom is -0.309 e. The van der Waals surface area contributed by atoms with Crippen molar-refractivity contribution in [2.24, 2.45) is 0 Å². The molecule has 2 heterocycles. The molecule has 0 atom stereocenters. The Kier molecular flexibility index (Phi) is 3.77. The van der Waals surface area contributed by atoms with Gasteiger partial charge >= 0.3 is 0 Å². The first-order chi connectivity index (χ1) is 8.68. The Labute approximate surface area is 113 Å². The highest BCUT2D eigenvalue weighted by atomic mass is 35.5. The Morgan fingerprint density at radius 3 is 2.68 bits per heavy atom. The van der Waals surface area contributed by atoms with E-state index in [1.54, 1.807) is 4.57 Å². The minimum absolute atomic E-state index is 0. The quantitative estimate of drug-likeness (QED) is 0.816. The van der Waals surface area contributed by atoms with Crippen LogP contribution in [0.3, 0.4) is 0 Å². The number of fused-ring (bicyclic) bond motifs is 1. The zero-order valence-electron chi connectivity index (χ0n) is 9.66. The maximum atomic E-state index is 13.7. The first-order valence-corrected chi connectivity index (χ1v) is 5.45.